The molecule has 5 nitrogen and oxygen atoms in total. The Morgan fingerprint density at radius 1 is 1.27 bits per heavy atom. The Morgan fingerprint density at radius 2 is 1.80 bits per heavy atom. The molecule has 0 aliphatic heterocycles. The molecular weight excluding hydrogens is 198 g/mol. The lowest BCUT2D eigenvalue weighted by Crippen LogP contribution is -2.40. The van der Waals surface area contributed by atoms with E-state index >= 15 is 0 Å². The van der Waals surface area contributed by atoms with Crippen molar-refractivity contribution in [3.05, 3.63) is 0 Å². The van der Waals surface area contributed by atoms with Crippen molar-refractivity contribution in [3.8, 4) is 0 Å². The third-order valence-electron chi connectivity index (χ3n) is 1.87. The Labute approximate surface area is 91.1 Å². The summed E-state index contributed by atoms with van der Waals surface area (Å²) in [6, 6.07) is 0. The molecule has 0 saturated heterocycles. The number of nitrogens with one attached hydrogen (secondary N) is 1. The summed E-state index contributed by atoms with van der Waals surface area (Å²) in [6.07, 6.45) is -0.832. The topological polar surface area (TPSA) is 56.8 Å². The molecular formula is C10H21NO4. The summed E-state index contributed by atoms with van der Waals surface area (Å²) in [5.41, 5.74) is 0. The van der Waals surface area contributed by atoms with E-state index in [2.05, 4.69) is 5.32 Å². The first-order chi connectivity index (χ1) is 7.15. The van der Waals surface area contributed by atoms with Crippen LogP contribution in [0.15, 0.2) is 0 Å². The van der Waals surface area contributed by atoms with Gasteiger partial charge in [-0.1, -0.05) is 0 Å². The van der Waals surface area contributed by atoms with Crippen LogP contribution < -0.4 is 5.32 Å². The lowest BCUT2D eigenvalue weighted by Gasteiger charge is -2.18. The molecule has 1 unspecified atom stereocenters. The van der Waals surface area contributed by atoms with Crippen LogP contribution in [0.3, 0.4) is 0 Å². The van der Waals surface area contributed by atoms with Gasteiger partial charge in [-0.2, -0.15) is 0 Å². The van der Waals surface area contributed by atoms with Gasteiger partial charge in [0.05, 0.1) is 6.54 Å². The minimum Gasteiger partial charge on any atom is -0.372 e. The number of methoxy groups -OCH3 is 1. The second-order valence-corrected chi connectivity index (χ2v) is 2.96. The minimum absolute atomic E-state index is 0.165. The molecule has 0 aromatic heterocycles. The molecule has 1 N–H and O–H groups in total. The highest BCUT2D eigenvalue weighted by molar-refractivity contribution is 5.80. The van der Waals surface area contributed by atoms with Gasteiger partial charge in [-0.3, -0.25) is 4.79 Å². The average molecular weight is 219 g/mol. The van der Waals surface area contributed by atoms with Crippen molar-refractivity contribution in [2.45, 2.75) is 33.2 Å². The summed E-state index contributed by atoms with van der Waals surface area (Å²) < 4.78 is 15.4. The minimum atomic E-state index is -0.450. The fraction of sp³-hybridized carbons (Fsp3) is 0.900. The Morgan fingerprint density at radius 3 is 2.20 bits per heavy atom. The molecule has 15 heavy (non-hydrogen) atoms. The van der Waals surface area contributed by atoms with E-state index in [4.69, 9.17) is 14.2 Å². The highest BCUT2D eigenvalue weighted by Crippen LogP contribution is 1.94. The van der Waals surface area contributed by atoms with Gasteiger partial charge in [-0.25, -0.2) is 0 Å². The number of rotatable bonds is 8. The van der Waals surface area contributed by atoms with Crippen LogP contribution in [0.5, 0.6) is 0 Å². The van der Waals surface area contributed by atoms with Gasteiger partial charge in [0, 0.05) is 20.3 Å². The Balaban J connectivity index is 3.82. The van der Waals surface area contributed by atoms with Crippen LogP contribution in [-0.4, -0.2) is 45.2 Å². The van der Waals surface area contributed by atoms with Gasteiger partial charge < -0.3 is 19.5 Å². The van der Waals surface area contributed by atoms with Crippen molar-refractivity contribution < 1.29 is 19.0 Å². The van der Waals surface area contributed by atoms with Crippen LogP contribution in [0.4, 0.5) is 0 Å². The second kappa shape index (κ2) is 8.64. The lowest BCUT2D eigenvalue weighted by atomic mass is 10.4. The summed E-state index contributed by atoms with van der Waals surface area (Å²) in [6.45, 7) is 6.90. The summed E-state index contributed by atoms with van der Waals surface area (Å²) in [7, 11) is 1.49. The molecule has 90 valence electrons. The van der Waals surface area contributed by atoms with Gasteiger partial charge in [0.25, 0.3) is 0 Å². The van der Waals surface area contributed by atoms with E-state index in [0.717, 1.165) is 0 Å². The molecule has 0 aliphatic rings. The van der Waals surface area contributed by atoms with Crippen molar-refractivity contribution in [3.63, 3.8) is 0 Å². The first-order valence-electron chi connectivity index (χ1n) is 5.19. The molecule has 0 saturated carbocycles. The number of amides is 1. The zero-order chi connectivity index (χ0) is 11.7. The third-order valence-corrected chi connectivity index (χ3v) is 1.87. The van der Waals surface area contributed by atoms with E-state index in [1.165, 1.54) is 7.11 Å². The fourth-order valence-corrected chi connectivity index (χ4v) is 0.972. The molecule has 0 aromatic carbocycles. The maximum atomic E-state index is 11.3. The molecule has 0 radical (unpaired) electrons. The van der Waals surface area contributed by atoms with E-state index < -0.39 is 6.10 Å². The number of hydrogen-bond donors (Lipinski definition) is 1. The van der Waals surface area contributed by atoms with Crippen molar-refractivity contribution in [2.75, 3.05) is 26.9 Å². The van der Waals surface area contributed by atoms with Gasteiger partial charge in [-0.05, 0) is 20.8 Å². The van der Waals surface area contributed by atoms with E-state index in [0.29, 0.717) is 19.8 Å². The zero-order valence-electron chi connectivity index (χ0n) is 9.91. The quantitative estimate of drug-likeness (QED) is 0.605. The van der Waals surface area contributed by atoms with Crippen LogP contribution in [0.1, 0.15) is 20.8 Å². The van der Waals surface area contributed by atoms with E-state index in [9.17, 15) is 4.79 Å². The molecule has 0 spiro atoms. The standard InChI is InChI=1S/C10H21NO4/c1-5-14-9(15-6-2)7-11-10(12)8(3)13-4/h8-9H,5-7H2,1-4H3,(H,11,12). The predicted molar refractivity (Wildman–Crippen MR) is 56.5 cm³/mol. The van der Waals surface area contributed by atoms with Crippen LogP contribution in [0.2, 0.25) is 0 Å². The van der Waals surface area contributed by atoms with Crippen LogP contribution in [0, 0.1) is 0 Å². The van der Waals surface area contributed by atoms with Crippen molar-refractivity contribution >= 4 is 5.91 Å². The van der Waals surface area contributed by atoms with Gasteiger partial charge in [0.1, 0.15) is 6.10 Å². The van der Waals surface area contributed by atoms with Crippen molar-refractivity contribution in [2.24, 2.45) is 0 Å². The molecule has 1 atom stereocenters. The molecule has 0 aromatic rings. The van der Waals surface area contributed by atoms with E-state index in [1.807, 2.05) is 13.8 Å². The molecule has 0 rings (SSSR count). The summed E-state index contributed by atoms with van der Waals surface area (Å²) in [5, 5.41) is 2.69. The first-order valence-corrected chi connectivity index (χ1v) is 5.19. The molecule has 1 amide bonds. The molecule has 0 bridgehead atoms. The van der Waals surface area contributed by atoms with Gasteiger partial charge in [0.2, 0.25) is 5.91 Å². The number of carbonyl (C=O) groups is 1. The van der Waals surface area contributed by atoms with Crippen LogP contribution >= 0.6 is 0 Å². The Hall–Kier alpha value is -0.650. The maximum Gasteiger partial charge on any atom is 0.249 e. The van der Waals surface area contributed by atoms with Gasteiger partial charge >= 0.3 is 0 Å². The second-order valence-electron chi connectivity index (χ2n) is 2.96. The largest absolute Gasteiger partial charge is 0.372 e. The van der Waals surface area contributed by atoms with Crippen LogP contribution in [0.25, 0.3) is 0 Å². The zero-order valence-corrected chi connectivity index (χ0v) is 9.91. The number of carbonyl (C=O) groups excluding carboxylic acids is 1. The highest BCUT2D eigenvalue weighted by Gasteiger charge is 2.14. The van der Waals surface area contributed by atoms with Crippen molar-refractivity contribution in [1.82, 2.24) is 5.32 Å². The SMILES string of the molecule is CCOC(CNC(=O)C(C)OC)OCC. The Kier molecular flexibility index (Phi) is 8.27. The molecule has 0 aliphatic carbocycles. The van der Waals surface area contributed by atoms with E-state index in [-0.39, 0.29) is 12.2 Å². The fourth-order valence-electron chi connectivity index (χ4n) is 0.972. The van der Waals surface area contributed by atoms with Crippen molar-refractivity contribution in [1.29, 1.82) is 0 Å². The highest BCUT2D eigenvalue weighted by atomic mass is 16.7. The maximum absolute atomic E-state index is 11.3. The molecule has 0 fully saturated rings. The predicted octanol–water partition coefficient (Wildman–Crippen LogP) is 0.537. The number of ether oxygens (including phenoxy) is 3. The average Bonchev–Trinajstić information content (AvgIpc) is 2.25. The monoisotopic (exact) mass is 219 g/mol. The van der Waals surface area contributed by atoms with E-state index in [1.54, 1.807) is 6.92 Å². The Bertz CT molecular complexity index is 169. The summed E-state index contributed by atoms with van der Waals surface area (Å²) in [4.78, 5) is 11.3. The summed E-state index contributed by atoms with van der Waals surface area (Å²) in [5.74, 6) is -0.165. The van der Waals surface area contributed by atoms with Gasteiger partial charge in [-0.15, -0.1) is 0 Å². The molecule has 5 heteroatoms. The number of hydrogen-bond acceptors (Lipinski definition) is 4. The third kappa shape index (κ3) is 6.43. The normalized spacial score (nSPS) is 12.9. The van der Waals surface area contributed by atoms with Gasteiger partial charge in [0.15, 0.2) is 6.29 Å². The van der Waals surface area contributed by atoms with Crippen LogP contribution in [-0.2, 0) is 19.0 Å². The first kappa shape index (κ1) is 14.3. The lowest BCUT2D eigenvalue weighted by molar-refractivity contribution is -0.144. The molecule has 0 heterocycles. The summed E-state index contributed by atoms with van der Waals surface area (Å²) >= 11 is 0. The smallest absolute Gasteiger partial charge is 0.249 e.